The molecule has 0 fully saturated rings. The van der Waals surface area contributed by atoms with Crippen molar-refractivity contribution in [2.75, 3.05) is 18.6 Å². The molecule has 0 aromatic carbocycles. The third kappa shape index (κ3) is 14.2. The number of thiazole rings is 1. The Labute approximate surface area is 271 Å². The van der Waals surface area contributed by atoms with E-state index in [9.17, 15) is 24.3 Å². The molecule has 5 atom stereocenters. The van der Waals surface area contributed by atoms with Gasteiger partial charge >= 0.3 is 6.09 Å². The molecule has 5 N–H and O–H groups in total. The van der Waals surface area contributed by atoms with E-state index >= 15 is 0 Å². The van der Waals surface area contributed by atoms with Gasteiger partial charge in [0, 0.05) is 23.1 Å². The predicted octanol–water partition coefficient (Wildman–Crippen LogP) is 3.80. The van der Waals surface area contributed by atoms with Crippen LogP contribution in [0.15, 0.2) is 0 Å². The molecule has 1 aromatic heterocycles. The largest absolute Gasteiger partial charge is 0.443 e. The Morgan fingerprint density at radius 2 is 1.59 bits per heavy atom. The molecule has 0 aliphatic heterocycles. The van der Waals surface area contributed by atoms with Gasteiger partial charge in [-0.25, -0.2) is 9.78 Å². The number of carbonyl (C=O) groups is 4. The Morgan fingerprint density at radius 1 is 0.932 bits per heavy atom. The van der Waals surface area contributed by atoms with Crippen LogP contribution in [0.1, 0.15) is 83.8 Å². The van der Waals surface area contributed by atoms with Gasteiger partial charge in [-0.1, -0.05) is 55.4 Å². The zero-order chi connectivity index (χ0) is 33.6. The van der Waals surface area contributed by atoms with E-state index in [1.165, 1.54) is 11.8 Å². The molecule has 44 heavy (non-hydrogen) atoms. The van der Waals surface area contributed by atoms with Crippen molar-refractivity contribution in [2.24, 2.45) is 23.7 Å². The lowest BCUT2D eigenvalue weighted by molar-refractivity contribution is -0.132. The van der Waals surface area contributed by atoms with Gasteiger partial charge in [0.05, 0.1) is 22.8 Å². The number of hydrogen-bond donors (Lipinski definition) is 5. The summed E-state index contributed by atoms with van der Waals surface area (Å²) in [6.07, 6.45) is 1.41. The zero-order valence-corrected chi connectivity index (χ0v) is 29.7. The van der Waals surface area contributed by atoms with E-state index < -0.39 is 42.1 Å². The lowest BCUT2D eigenvalue weighted by Crippen LogP contribution is -2.54. The van der Waals surface area contributed by atoms with E-state index in [0.717, 1.165) is 16.3 Å². The first-order valence-electron chi connectivity index (χ1n) is 15.5. The Kier molecular flexibility index (Phi) is 17.9. The third-order valence-electron chi connectivity index (χ3n) is 7.01. The number of aliphatic hydroxyl groups excluding tert-OH is 1. The second kappa shape index (κ2) is 19.9. The maximum absolute atomic E-state index is 13.3. The highest BCUT2D eigenvalue weighted by Crippen LogP contribution is 2.19. The van der Waals surface area contributed by atoms with Gasteiger partial charge < -0.3 is 31.1 Å². The molecule has 0 aliphatic rings. The second-order valence-electron chi connectivity index (χ2n) is 12.5. The minimum Gasteiger partial charge on any atom is -0.443 e. The highest BCUT2D eigenvalue weighted by atomic mass is 32.2. The molecule has 0 bridgehead atoms. The van der Waals surface area contributed by atoms with Crippen molar-refractivity contribution in [1.82, 2.24) is 26.3 Å². The van der Waals surface area contributed by atoms with Gasteiger partial charge in [-0.05, 0) is 50.2 Å². The standard InChI is InChI=1S/C31H55N5O6S2/c1-11-26-33-23(21(9)44-26)15-42-31(41)35-24(16-43-10)29(39)34-22(12-17(2)3)25(37)13-20(8)28(38)36-27(19(6)7)30(40)32-14-18(4)5/h17-20,22,24-25,27,37H,11-16H2,1-10H3,(H,32,40)(H,34,39)(H,35,41)(H,36,38)/t20-,22+,24+,25+,27+/m1/s1. The molecule has 252 valence electrons. The van der Waals surface area contributed by atoms with Crippen LogP contribution in [0.4, 0.5) is 4.79 Å². The van der Waals surface area contributed by atoms with Crippen LogP contribution >= 0.6 is 23.1 Å². The summed E-state index contributed by atoms with van der Waals surface area (Å²) in [4.78, 5) is 57.1. The SMILES string of the molecule is CCc1nc(COC(=O)N[C@@H](CSC)C(=O)N[C@@H](CC(C)C)[C@@H](O)C[C@@H](C)C(=O)N[C@H](C(=O)NCC(C)C)C(C)C)c(C)s1. The van der Waals surface area contributed by atoms with Crippen LogP contribution in [0.2, 0.25) is 0 Å². The fraction of sp³-hybridized carbons (Fsp3) is 0.774. The number of rotatable bonds is 19. The summed E-state index contributed by atoms with van der Waals surface area (Å²) < 4.78 is 5.36. The topological polar surface area (TPSA) is 159 Å². The number of aromatic nitrogens is 1. The van der Waals surface area contributed by atoms with Crippen LogP contribution in [0.25, 0.3) is 0 Å². The van der Waals surface area contributed by atoms with E-state index in [4.69, 9.17) is 4.74 Å². The minimum absolute atomic E-state index is 0.00741. The smallest absolute Gasteiger partial charge is 0.408 e. The lowest BCUT2D eigenvalue weighted by Gasteiger charge is -2.30. The molecule has 0 unspecified atom stereocenters. The lowest BCUT2D eigenvalue weighted by atomic mass is 9.91. The zero-order valence-electron chi connectivity index (χ0n) is 28.1. The number of nitrogens with zero attached hydrogens (tertiary/aromatic N) is 1. The summed E-state index contributed by atoms with van der Waals surface area (Å²) in [5.41, 5.74) is 0.696. The van der Waals surface area contributed by atoms with Gasteiger partial charge in [-0.3, -0.25) is 14.4 Å². The Bertz CT molecular complexity index is 1060. The summed E-state index contributed by atoms with van der Waals surface area (Å²) in [5.74, 6) is -1.05. The molecule has 0 saturated heterocycles. The van der Waals surface area contributed by atoms with Crippen molar-refractivity contribution in [2.45, 2.75) is 112 Å². The molecule has 0 saturated carbocycles. The molecule has 1 aromatic rings. The van der Waals surface area contributed by atoms with E-state index in [-0.39, 0.29) is 42.6 Å². The Morgan fingerprint density at radius 3 is 2.11 bits per heavy atom. The molecular weight excluding hydrogens is 603 g/mol. The summed E-state index contributed by atoms with van der Waals surface area (Å²) in [6.45, 7) is 17.8. The Hall–Kier alpha value is -2.38. The van der Waals surface area contributed by atoms with Gasteiger partial charge in [-0.15, -0.1) is 11.3 Å². The molecule has 0 spiro atoms. The number of carbonyl (C=O) groups excluding carboxylic acids is 4. The summed E-state index contributed by atoms with van der Waals surface area (Å²) in [6, 6.07) is -2.24. The van der Waals surface area contributed by atoms with Crippen molar-refractivity contribution >= 4 is 46.9 Å². The average molecular weight is 658 g/mol. The third-order valence-corrected chi connectivity index (χ3v) is 8.84. The van der Waals surface area contributed by atoms with Crippen LogP contribution in [0, 0.1) is 30.6 Å². The van der Waals surface area contributed by atoms with E-state index in [1.54, 1.807) is 18.3 Å². The van der Waals surface area contributed by atoms with E-state index in [2.05, 4.69) is 26.3 Å². The summed E-state index contributed by atoms with van der Waals surface area (Å²) in [7, 11) is 0. The van der Waals surface area contributed by atoms with Gasteiger partial charge in [0.2, 0.25) is 17.7 Å². The minimum atomic E-state index is -1.03. The van der Waals surface area contributed by atoms with Crippen molar-refractivity contribution in [3.8, 4) is 0 Å². The van der Waals surface area contributed by atoms with Gasteiger partial charge in [0.1, 0.15) is 18.7 Å². The number of ether oxygens (including phenoxy) is 1. The Balaban J connectivity index is 2.86. The van der Waals surface area contributed by atoms with Crippen molar-refractivity contribution in [3.05, 3.63) is 15.6 Å². The molecule has 4 amide bonds. The maximum atomic E-state index is 13.3. The monoisotopic (exact) mass is 657 g/mol. The number of hydrogen-bond acceptors (Lipinski definition) is 9. The van der Waals surface area contributed by atoms with Crippen molar-refractivity contribution < 1.29 is 29.0 Å². The summed E-state index contributed by atoms with van der Waals surface area (Å²) >= 11 is 2.96. The van der Waals surface area contributed by atoms with Crippen LogP contribution in [0.5, 0.6) is 0 Å². The molecule has 1 rings (SSSR count). The average Bonchev–Trinajstić information content (AvgIpc) is 3.31. The molecule has 13 heteroatoms. The molecule has 0 radical (unpaired) electrons. The first-order valence-corrected chi connectivity index (χ1v) is 17.7. The van der Waals surface area contributed by atoms with Gasteiger partial charge in [0.15, 0.2) is 0 Å². The maximum Gasteiger partial charge on any atom is 0.408 e. The predicted molar refractivity (Wildman–Crippen MR) is 178 cm³/mol. The first-order chi connectivity index (χ1) is 20.6. The quantitative estimate of drug-likeness (QED) is 0.150. The van der Waals surface area contributed by atoms with Crippen molar-refractivity contribution in [1.29, 1.82) is 0 Å². The van der Waals surface area contributed by atoms with E-state index in [1.807, 2.05) is 61.6 Å². The first kappa shape index (κ1) is 39.6. The fourth-order valence-corrected chi connectivity index (χ4v) is 5.87. The molecule has 11 nitrogen and oxygen atoms in total. The highest BCUT2D eigenvalue weighted by Gasteiger charge is 2.31. The van der Waals surface area contributed by atoms with Gasteiger partial charge in [-0.2, -0.15) is 11.8 Å². The van der Waals surface area contributed by atoms with Crippen molar-refractivity contribution in [3.63, 3.8) is 0 Å². The van der Waals surface area contributed by atoms with Crippen LogP contribution in [-0.2, 0) is 32.1 Å². The van der Waals surface area contributed by atoms with E-state index in [0.29, 0.717) is 24.4 Å². The number of alkyl carbamates (subject to hydrolysis) is 1. The fourth-order valence-electron chi connectivity index (χ4n) is 4.42. The number of nitrogens with one attached hydrogen (secondary N) is 4. The second-order valence-corrected chi connectivity index (χ2v) is 14.7. The number of amides is 4. The number of aryl methyl sites for hydroxylation is 2. The van der Waals surface area contributed by atoms with Crippen LogP contribution in [0.3, 0.4) is 0 Å². The normalized spacial score (nSPS) is 15.0. The number of thioether (sulfide) groups is 1. The summed E-state index contributed by atoms with van der Waals surface area (Å²) in [5, 5.41) is 23.4. The van der Waals surface area contributed by atoms with Crippen LogP contribution < -0.4 is 21.3 Å². The van der Waals surface area contributed by atoms with Gasteiger partial charge in [0.25, 0.3) is 0 Å². The van der Waals surface area contributed by atoms with Crippen LogP contribution in [-0.4, -0.2) is 76.7 Å². The number of aliphatic hydroxyl groups is 1. The molecular formula is C31H55N5O6S2. The highest BCUT2D eigenvalue weighted by molar-refractivity contribution is 7.98. The molecule has 1 heterocycles. The molecule has 0 aliphatic carbocycles.